The lowest BCUT2D eigenvalue weighted by atomic mass is 10.0. The van der Waals surface area contributed by atoms with E-state index >= 15 is 0 Å². The van der Waals surface area contributed by atoms with Crippen LogP contribution >= 0.6 is 11.3 Å². The molecule has 1 heterocycles. The quantitative estimate of drug-likeness (QED) is 0.566. The van der Waals surface area contributed by atoms with Crippen LogP contribution in [0.3, 0.4) is 0 Å². The van der Waals surface area contributed by atoms with E-state index in [1.54, 1.807) is 11.3 Å². The number of benzene rings is 2. The molecular weight excluding hydrogens is 248 g/mol. The van der Waals surface area contributed by atoms with Gasteiger partial charge in [-0.05, 0) is 33.7 Å². The molecular formula is C18H14S. The molecule has 0 saturated heterocycles. The Morgan fingerprint density at radius 3 is 1.84 bits per heavy atom. The molecule has 0 aliphatic carbocycles. The normalized spacial score (nSPS) is 10.3. The molecule has 0 aliphatic rings. The van der Waals surface area contributed by atoms with Crippen molar-refractivity contribution in [3.8, 4) is 21.6 Å². The molecule has 92 valence electrons. The van der Waals surface area contributed by atoms with Crippen LogP contribution in [0.25, 0.3) is 27.6 Å². The van der Waals surface area contributed by atoms with Crippen LogP contribution in [0.15, 0.2) is 72.6 Å². The van der Waals surface area contributed by atoms with E-state index in [0.717, 1.165) is 5.56 Å². The Labute approximate surface area is 117 Å². The lowest BCUT2D eigenvalue weighted by Gasteiger charge is -2.04. The van der Waals surface area contributed by atoms with Gasteiger partial charge in [0.2, 0.25) is 0 Å². The minimum atomic E-state index is 1.15. The van der Waals surface area contributed by atoms with Crippen LogP contribution in [-0.2, 0) is 0 Å². The van der Waals surface area contributed by atoms with E-state index in [2.05, 4.69) is 72.6 Å². The van der Waals surface area contributed by atoms with Crippen LogP contribution in [0.5, 0.6) is 0 Å². The summed E-state index contributed by atoms with van der Waals surface area (Å²) in [6.45, 7) is 3.77. The lowest BCUT2D eigenvalue weighted by molar-refractivity contribution is 1.60. The van der Waals surface area contributed by atoms with Gasteiger partial charge in [-0.1, -0.05) is 67.3 Å². The van der Waals surface area contributed by atoms with Crippen LogP contribution in [-0.4, -0.2) is 0 Å². The van der Waals surface area contributed by atoms with E-state index in [1.165, 1.54) is 21.6 Å². The zero-order valence-electron chi connectivity index (χ0n) is 10.5. The molecule has 0 bridgehead atoms. The second kappa shape index (κ2) is 5.25. The highest BCUT2D eigenvalue weighted by atomic mass is 32.1. The summed E-state index contributed by atoms with van der Waals surface area (Å²) in [6.07, 6.45) is 1.86. The molecule has 0 unspecified atom stereocenters. The van der Waals surface area contributed by atoms with E-state index in [4.69, 9.17) is 0 Å². The third-order valence-electron chi connectivity index (χ3n) is 3.17. The van der Waals surface area contributed by atoms with Gasteiger partial charge in [0, 0.05) is 4.88 Å². The molecule has 3 rings (SSSR count). The van der Waals surface area contributed by atoms with Gasteiger partial charge in [0.05, 0.1) is 0 Å². The highest BCUT2D eigenvalue weighted by Crippen LogP contribution is 2.27. The van der Waals surface area contributed by atoms with Gasteiger partial charge in [-0.25, -0.2) is 0 Å². The van der Waals surface area contributed by atoms with Crippen molar-refractivity contribution in [3.63, 3.8) is 0 Å². The lowest BCUT2D eigenvalue weighted by Crippen LogP contribution is -1.79. The third kappa shape index (κ3) is 2.51. The largest absolute Gasteiger partial charge is 0.144 e. The van der Waals surface area contributed by atoms with Crippen molar-refractivity contribution >= 4 is 17.4 Å². The monoisotopic (exact) mass is 262 g/mol. The van der Waals surface area contributed by atoms with E-state index < -0.39 is 0 Å². The highest BCUT2D eigenvalue weighted by Gasteiger charge is 2.00. The predicted molar refractivity (Wildman–Crippen MR) is 85.3 cm³/mol. The summed E-state index contributed by atoms with van der Waals surface area (Å²) < 4.78 is 0. The smallest absolute Gasteiger partial charge is 0.0342 e. The Bertz CT molecular complexity index is 659. The van der Waals surface area contributed by atoms with Crippen LogP contribution in [0.4, 0.5) is 0 Å². The molecule has 0 nitrogen and oxygen atoms in total. The minimum absolute atomic E-state index is 1.15. The third-order valence-corrected chi connectivity index (χ3v) is 4.09. The minimum Gasteiger partial charge on any atom is -0.144 e. The maximum absolute atomic E-state index is 3.77. The van der Waals surface area contributed by atoms with Gasteiger partial charge in [0.1, 0.15) is 0 Å². The Morgan fingerprint density at radius 1 is 0.737 bits per heavy atom. The van der Waals surface area contributed by atoms with Gasteiger partial charge in [0.15, 0.2) is 0 Å². The Balaban J connectivity index is 1.91. The predicted octanol–water partition coefficient (Wildman–Crippen LogP) is 5.73. The van der Waals surface area contributed by atoms with Crippen molar-refractivity contribution < 1.29 is 0 Å². The van der Waals surface area contributed by atoms with Gasteiger partial charge in [-0.3, -0.25) is 0 Å². The van der Waals surface area contributed by atoms with Gasteiger partial charge in [0.25, 0.3) is 0 Å². The van der Waals surface area contributed by atoms with E-state index in [0.29, 0.717) is 0 Å². The number of hydrogen-bond acceptors (Lipinski definition) is 1. The molecule has 2 aromatic carbocycles. The summed E-state index contributed by atoms with van der Waals surface area (Å²) in [5, 5.41) is 2.11. The molecule has 0 saturated carbocycles. The summed E-state index contributed by atoms with van der Waals surface area (Å²) in [5.74, 6) is 0. The summed E-state index contributed by atoms with van der Waals surface area (Å²) in [4.78, 5) is 1.31. The molecule has 19 heavy (non-hydrogen) atoms. The maximum atomic E-state index is 3.77. The van der Waals surface area contributed by atoms with Crippen LogP contribution in [0.2, 0.25) is 0 Å². The second-order valence-electron chi connectivity index (χ2n) is 4.38. The average Bonchev–Trinajstić information content (AvgIpc) is 3.02. The van der Waals surface area contributed by atoms with Gasteiger partial charge < -0.3 is 0 Å². The molecule has 0 radical (unpaired) electrons. The summed E-state index contributed by atoms with van der Waals surface area (Å²) in [5.41, 5.74) is 4.92. The van der Waals surface area contributed by atoms with Crippen molar-refractivity contribution in [2.75, 3.05) is 0 Å². The molecule has 0 aliphatic heterocycles. The van der Waals surface area contributed by atoms with Gasteiger partial charge in [-0.2, -0.15) is 0 Å². The Hall–Kier alpha value is -2.12. The molecule has 0 spiro atoms. The Morgan fingerprint density at radius 2 is 1.32 bits per heavy atom. The first-order chi connectivity index (χ1) is 9.36. The SMILES string of the molecule is C=Cc1ccc(-c2ccc(-c3cccs3)cc2)cc1. The first-order valence-corrected chi connectivity index (χ1v) is 7.11. The highest BCUT2D eigenvalue weighted by molar-refractivity contribution is 7.13. The fraction of sp³-hybridized carbons (Fsp3) is 0. The first kappa shape index (κ1) is 11.9. The van der Waals surface area contributed by atoms with Crippen molar-refractivity contribution in [1.29, 1.82) is 0 Å². The van der Waals surface area contributed by atoms with Crippen LogP contribution < -0.4 is 0 Å². The molecule has 0 fully saturated rings. The van der Waals surface area contributed by atoms with Crippen molar-refractivity contribution in [3.05, 3.63) is 78.2 Å². The van der Waals surface area contributed by atoms with Crippen LogP contribution in [0, 0.1) is 0 Å². The zero-order chi connectivity index (χ0) is 13.1. The molecule has 1 aromatic heterocycles. The fourth-order valence-corrected chi connectivity index (χ4v) is 2.81. The molecule has 1 heteroatoms. The van der Waals surface area contributed by atoms with E-state index in [9.17, 15) is 0 Å². The average molecular weight is 262 g/mol. The number of rotatable bonds is 3. The summed E-state index contributed by atoms with van der Waals surface area (Å²) in [7, 11) is 0. The summed E-state index contributed by atoms with van der Waals surface area (Å²) >= 11 is 1.77. The molecule has 0 N–H and O–H groups in total. The second-order valence-corrected chi connectivity index (χ2v) is 5.33. The van der Waals surface area contributed by atoms with Crippen LogP contribution in [0.1, 0.15) is 5.56 Å². The number of thiophene rings is 1. The van der Waals surface area contributed by atoms with Gasteiger partial charge >= 0.3 is 0 Å². The van der Waals surface area contributed by atoms with E-state index in [-0.39, 0.29) is 0 Å². The molecule has 0 atom stereocenters. The summed E-state index contributed by atoms with van der Waals surface area (Å²) in [6, 6.07) is 21.4. The van der Waals surface area contributed by atoms with Crippen molar-refractivity contribution in [1.82, 2.24) is 0 Å². The van der Waals surface area contributed by atoms with E-state index in [1.807, 2.05) is 6.08 Å². The van der Waals surface area contributed by atoms with Crippen molar-refractivity contribution in [2.45, 2.75) is 0 Å². The maximum Gasteiger partial charge on any atom is 0.0342 e. The zero-order valence-corrected chi connectivity index (χ0v) is 11.4. The fourth-order valence-electron chi connectivity index (χ4n) is 2.08. The molecule has 3 aromatic rings. The Kier molecular flexibility index (Phi) is 3.30. The van der Waals surface area contributed by atoms with Gasteiger partial charge in [-0.15, -0.1) is 11.3 Å². The van der Waals surface area contributed by atoms with Crippen molar-refractivity contribution in [2.24, 2.45) is 0 Å². The first-order valence-electron chi connectivity index (χ1n) is 6.23. The standard InChI is InChI=1S/C18H14S/c1-2-14-5-7-15(8-6-14)16-9-11-17(12-10-16)18-4-3-13-19-18/h2-13H,1H2. The topological polar surface area (TPSA) is 0 Å². The number of hydrogen-bond donors (Lipinski definition) is 0. The molecule has 0 amide bonds.